The van der Waals surface area contributed by atoms with Crippen LogP contribution in [0.25, 0.3) is 0 Å². The number of nitrogens with one attached hydrogen (secondary N) is 1. The first-order valence-corrected chi connectivity index (χ1v) is 8.71. The van der Waals surface area contributed by atoms with Crippen molar-refractivity contribution in [1.29, 1.82) is 0 Å². The van der Waals surface area contributed by atoms with Gasteiger partial charge in [0.15, 0.2) is 0 Å². The Kier molecular flexibility index (Phi) is 5.43. The van der Waals surface area contributed by atoms with Crippen molar-refractivity contribution in [2.75, 3.05) is 18.9 Å². The lowest BCUT2D eigenvalue weighted by atomic mass is 10.1. The molecule has 130 valence electrons. The lowest BCUT2D eigenvalue weighted by Crippen LogP contribution is -2.31. The van der Waals surface area contributed by atoms with E-state index in [-0.39, 0.29) is 11.8 Å². The molecule has 0 atom stereocenters. The number of pyridine rings is 1. The third-order valence-electron chi connectivity index (χ3n) is 4.64. The first-order valence-electron chi connectivity index (χ1n) is 8.71. The molecule has 1 aliphatic rings. The van der Waals surface area contributed by atoms with Gasteiger partial charge in [0.1, 0.15) is 5.69 Å². The molecule has 25 heavy (non-hydrogen) atoms. The molecule has 0 aliphatic heterocycles. The molecule has 1 N–H and O–H groups in total. The summed E-state index contributed by atoms with van der Waals surface area (Å²) in [4.78, 5) is 30.4. The number of aromatic nitrogens is 1. The number of hydrogen-bond acceptors (Lipinski definition) is 3. The summed E-state index contributed by atoms with van der Waals surface area (Å²) < 4.78 is 0. The molecule has 1 aromatic heterocycles. The van der Waals surface area contributed by atoms with Crippen LogP contribution in [0.1, 0.15) is 46.5 Å². The van der Waals surface area contributed by atoms with Crippen LogP contribution >= 0.6 is 0 Å². The predicted octanol–water partition coefficient (Wildman–Crippen LogP) is 3.60. The van der Waals surface area contributed by atoms with E-state index in [0.717, 1.165) is 6.54 Å². The number of amides is 2. The minimum atomic E-state index is -0.266. The van der Waals surface area contributed by atoms with E-state index in [1.165, 1.54) is 25.7 Å². The van der Waals surface area contributed by atoms with Crippen LogP contribution in [0.2, 0.25) is 0 Å². The lowest BCUT2D eigenvalue weighted by Gasteiger charge is -2.21. The summed E-state index contributed by atoms with van der Waals surface area (Å²) in [6.07, 6.45) is 6.57. The molecule has 3 rings (SSSR count). The van der Waals surface area contributed by atoms with Gasteiger partial charge < -0.3 is 10.2 Å². The van der Waals surface area contributed by atoms with Crippen molar-refractivity contribution < 1.29 is 9.59 Å². The van der Waals surface area contributed by atoms with Crippen LogP contribution in [0.4, 0.5) is 5.69 Å². The van der Waals surface area contributed by atoms with E-state index in [4.69, 9.17) is 0 Å². The van der Waals surface area contributed by atoms with E-state index >= 15 is 0 Å². The van der Waals surface area contributed by atoms with Crippen LogP contribution in [-0.2, 0) is 0 Å². The van der Waals surface area contributed by atoms with Gasteiger partial charge in [-0.25, -0.2) is 0 Å². The Morgan fingerprint density at radius 2 is 1.84 bits per heavy atom. The van der Waals surface area contributed by atoms with Crippen LogP contribution in [-0.4, -0.2) is 35.3 Å². The van der Waals surface area contributed by atoms with Crippen LogP contribution in [0.3, 0.4) is 0 Å². The van der Waals surface area contributed by atoms with Crippen LogP contribution in [0.15, 0.2) is 48.7 Å². The fraction of sp³-hybridized carbons (Fsp3) is 0.350. The van der Waals surface area contributed by atoms with Crippen molar-refractivity contribution in [3.8, 4) is 0 Å². The standard InChI is InChI=1S/C20H23N3O2/c1-23(14-15-6-2-3-7-15)20(25)16-9-11-17(12-10-16)22-19(24)18-8-4-5-13-21-18/h4-5,8-13,15H,2-3,6-7,14H2,1H3,(H,22,24). The van der Waals surface area contributed by atoms with Gasteiger partial charge in [-0.3, -0.25) is 14.6 Å². The number of rotatable bonds is 5. The second-order valence-corrected chi connectivity index (χ2v) is 6.58. The van der Waals surface area contributed by atoms with Crippen LogP contribution < -0.4 is 5.32 Å². The molecule has 0 saturated heterocycles. The molecule has 1 aromatic carbocycles. The molecule has 1 aliphatic carbocycles. The minimum absolute atomic E-state index is 0.0227. The van der Waals surface area contributed by atoms with E-state index in [0.29, 0.717) is 22.9 Å². The average molecular weight is 337 g/mol. The van der Waals surface area contributed by atoms with Gasteiger partial charge in [-0.15, -0.1) is 0 Å². The summed E-state index contributed by atoms with van der Waals surface area (Å²) in [7, 11) is 1.86. The van der Waals surface area contributed by atoms with E-state index in [1.807, 2.05) is 7.05 Å². The SMILES string of the molecule is CN(CC1CCCC1)C(=O)c1ccc(NC(=O)c2ccccn2)cc1. The summed E-state index contributed by atoms with van der Waals surface area (Å²) in [6.45, 7) is 0.816. The molecular weight excluding hydrogens is 314 g/mol. The van der Waals surface area contributed by atoms with Gasteiger partial charge in [0.2, 0.25) is 0 Å². The normalized spacial score (nSPS) is 14.3. The lowest BCUT2D eigenvalue weighted by molar-refractivity contribution is 0.0773. The van der Waals surface area contributed by atoms with Crippen molar-refractivity contribution in [3.63, 3.8) is 0 Å². The summed E-state index contributed by atoms with van der Waals surface area (Å²) >= 11 is 0. The first-order chi connectivity index (χ1) is 12.1. The maximum atomic E-state index is 12.5. The summed E-state index contributed by atoms with van der Waals surface area (Å²) in [5.41, 5.74) is 1.64. The molecule has 0 spiro atoms. The number of benzene rings is 1. The third kappa shape index (κ3) is 4.44. The van der Waals surface area contributed by atoms with Crippen molar-refractivity contribution in [3.05, 3.63) is 59.9 Å². The maximum Gasteiger partial charge on any atom is 0.274 e. The Labute approximate surface area is 148 Å². The number of hydrogen-bond donors (Lipinski definition) is 1. The van der Waals surface area contributed by atoms with Crippen molar-refractivity contribution in [2.45, 2.75) is 25.7 Å². The molecule has 1 heterocycles. The Hall–Kier alpha value is -2.69. The second-order valence-electron chi connectivity index (χ2n) is 6.58. The fourth-order valence-electron chi connectivity index (χ4n) is 3.27. The van der Waals surface area contributed by atoms with Crippen molar-refractivity contribution in [1.82, 2.24) is 9.88 Å². The number of nitrogens with zero attached hydrogens (tertiary/aromatic N) is 2. The Balaban J connectivity index is 1.59. The smallest absolute Gasteiger partial charge is 0.274 e. The molecule has 1 fully saturated rings. The number of anilines is 1. The minimum Gasteiger partial charge on any atom is -0.341 e. The molecule has 0 unspecified atom stereocenters. The fourth-order valence-corrected chi connectivity index (χ4v) is 3.27. The Morgan fingerprint density at radius 1 is 1.12 bits per heavy atom. The quantitative estimate of drug-likeness (QED) is 0.907. The zero-order valence-corrected chi connectivity index (χ0v) is 14.4. The summed E-state index contributed by atoms with van der Waals surface area (Å²) in [5, 5.41) is 2.79. The monoisotopic (exact) mass is 337 g/mol. The Bertz CT molecular complexity index is 722. The number of carbonyl (C=O) groups is 2. The maximum absolute atomic E-state index is 12.5. The predicted molar refractivity (Wildman–Crippen MR) is 97.6 cm³/mol. The molecular formula is C20H23N3O2. The zero-order valence-electron chi connectivity index (χ0n) is 14.4. The van der Waals surface area contributed by atoms with E-state index < -0.39 is 0 Å². The van der Waals surface area contributed by atoms with Gasteiger partial charge in [-0.2, -0.15) is 0 Å². The largest absolute Gasteiger partial charge is 0.341 e. The average Bonchev–Trinajstić information content (AvgIpc) is 3.15. The van der Waals surface area contributed by atoms with E-state index in [2.05, 4.69) is 10.3 Å². The van der Waals surface area contributed by atoms with Crippen LogP contribution in [0.5, 0.6) is 0 Å². The van der Waals surface area contributed by atoms with Gasteiger partial charge in [-0.05, 0) is 55.2 Å². The number of carbonyl (C=O) groups excluding carboxylic acids is 2. The van der Waals surface area contributed by atoms with Gasteiger partial charge >= 0.3 is 0 Å². The molecule has 0 radical (unpaired) electrons. The second kappa shape index (κ2) is 7.92. The van der Waals surface area contributed by atoms with E-state index in [9.17, 15) is 9.59 Å². The van der Waals surface area contributed by atoms with Gasteiger partial charge in [0, 0.05) is 31.0 Å². The summed E-state index contributed by atoms with van der Waals surface area (Å²) in [5.74, 6) is 0.387. The van der Waals surface area contributed by atoms with Crippen molar-refractivity contribution in [2.24, 2.45) is 5.92 Å². The molecule has 0 bridgehead atoms. The molecule has 2 aromatic rings. The highest BCUT2D eigenvalue weighted by Crippen LogP contribution is 2.25. The van der Waals surface area contributed by atoms with Gasteiger partial charge in [-0.1, -0.05) is 18.9 Å². The van der Waals surface area contributed by atoms with Crippen molar-refractivity contribution >= 4 is 17.5 Å². The highest BCUT2D eigenvalue weighted by atomic mass is 16.2. The zero-order chi connectivity index (χ0) is 17.6. The summed E-state index contributed by atoms with van der Waals surface area (Å²) in [6, 6.07) is 12.2. The van der Waals surface area contributed by atoms with Gasteiger partial charge in [0.05, 0.1) is 0 Å². The highest BCUT2D eigenvalue weighted by molar-refractivity contribution is 6.03. The molecule has 1 saturated carbocycles. The first kappa shape index (κ1) is 17.1. The highest BCUT2D eigenvalue weighted by Gasteiger charge is 2.20. The molecule has 5 nitrogen and oxygen atoms in total. The molecule has 2 amide bonds. The third-order valence-corrected chi connectivity index (χ3v) is 4.64. The van der Waals surface area contributed by atoms with Gasteiger partial charge in [0.25, 0.3) is 11.8 Å². The van der Waals surface area contributed by atoms with E-state index in [1.54, 1.807) is 53.6 Å². The molecule has 5 heteroatoms. The Morgan fingerprint density at radius 3 is 2.48 bits per heavy atom. The topological polar surface area (TPSA) is 62.3 Å². The van der Waals surface area contributed by atoms with Crippen LogP contribution in [0, 0.1) is 5.92 Å².